The molecule has 3 aromatic rings. The van der Waals surface area contributed by atoms with Crippen molar-refractivity contribution in [3.05, 3.63) is 71.2 Å². The highest BCUT2D eigenvalue weighted by atomic mass is 35.5. The first-order chi connectivity index (χ1) is 14.5. The van der Waals surface area contributed by atoms with Crippen molar-refractivity contribution in [1.29, 1.82) is 0 Å². The zero-order valence-corrected chi connectivity index (χ0v) is 17.7. The summed E-state index contributed by atoms with van der Waals surface area (Å²) < 4.78 is 16.7. The number of carbonyl (C=O) groups excluding carboxylic acids is 1. The SMILES string of the molecule is COc1cc(CNc2ccccc2Oc2ccc(Cl)cc2)c(NC(C)=O)cc1OC. The van der Waals surface area contributed by atoms with Crippen LogP contribution in [-0.4, -0.2) is 20.1 Å². The molecule has 30 heavy (non-hydrogen) atoms. The van der Waals surface area contributed by atoms with Crippen LogP contribution in [0.4, 0.5) is 11.4 Å². The molecule has 0 spiro atoms. The van der Waals surface area contributed by atoms with Gasteiger partial charge < -0.3 is 24.8 Å². The number of amides is 1. The molecule has 0 fully saturated rings. The summed E-state index contributed by atoms with van der Waals surface area (Å²) in [4.78, 5) is 11.6. The lowest BCUT2D eigenvalue weighted by Crippen LogP contribution is -2.11. The normalized spacial score (nSPS) is 10.3. The Bertz CT molecular complexity index is 1020. The van der Waals surface area contributed by atoms with Gasteiger partial charge in [-0.25, -0.2) is 0 Å². The van der Waals surface area contributed by atoms with Crippen LogP contribution in [0.25, 0.3) is 0 Å². The average molecular weight is 427 g/mol. The van der Waals surface area contributed by atoms with Crippen LogP contribution in [0, 0.1) is 0 Å². The molecule has 7 heteroatoms. The minimum absolute atomic E-state index is 0.171. The van der Waals surface area contributed by atoms with Crippen LogP contribution in [0.2, 0.25) is 5.02 Å². The van der Waals surface area contributed by atoms with Gasteiger partial charge in [-0.2, -0.15) is 0 Å². The van der Waals surface area contributed by atoms with Crippen molar-refractivity contribution in [2.75, 3.05) is 24.9 Å². The third-order valence-electron chi connectivity index (χ3n) is 4.32. The first-order valence-electron chi connectivity index (χ1n) is 9.29. The lowest BCUT2D eigenvalue weighted by Gasteiger charge is -2.17. The quantitative estimate of drug-likeness (QED) is 0.482. The lowest BCUT2D eigenvalue weighted by atomic mass is 10.1. The lowest BCUT2D eigenvalue weighted by molar-refractivity contribution is -0.114. The molecule has 3 aromatic carbocycles. The van der Waals surface area contributed by atoms with E-state index in [1.165, 1.54) is 6.92 Å². The van der Waals surface area contributed by atoms with Gasteiger partial charge in [0.1, 0.15) is 5.75 Å². The van der Waals surface area contributed by atoms with Crippen LogP contribution in [0.15, 0.2) is 60.7 Å². The minimum Gasteiger partial charge on any atom is -0.493 e. The van der Waals surface area contributed by atoms with Gasteiger partial charge in [0.2, 0.25) is 5.91 Å². The number of rotatable bonds is 8. The van der Waals surface area contributed by atoms with Crippen LogP contribution >= 0.6 is 11.6 Å². The van der Waals surface area contributed by atoms with Gasteiger partial charge in [0, 0.05) is 30.2 Å². The maximum absolute atomic E-state index is 11.6. The van der Waals surface area contributed by atoms with Crippen LogP contribution in [0.3, 0.4) is 0 Å². The Kier molecular flexibility index (Phi) is 7.03. The van der Waals surface area contributed by atoms with E-state index >= 15 is 0 Å². The average Bonchev–Trinajstić information content (AvgIpc) is 2.74. The Hall–Kier alpha value is -3.38. The van der Waals surface area contributed by atoms with E-state index in [9.17, 15) is 4.79 Å². The van der Waals surface area contributed by atoms with E-state index in [4.69, 9.17) is 25.8 Å². The highest BCUT2D eigenvalue weighted by Gasteiger charge is 2.13. The Morgan fingerprint density at radius 3 is 2.23 bits per heavy atom. The first-order valence-corrected chi connectivity index (χ1v) is 9.66. The zero-order chi connectivity index (χ0) is 21.5. The predicted molar refractivity (Wildman–Crippen MR) is 119 cm³/mol. The second kappa shape index (κ2) is 9.89. The predicted octanol–water partition coefficient (Wildman–Crippen LogP) is 5.72. The molecule has 1 amide bonds. The number of methoxy groups -OCH3 is 2. The Balaban J connectivity index is 1.84. The number of benzene rings is 3. The highest BCUT2D eigenvalue weighted by molar-refractivity contribution is 6.30. The molecule has 0 bridgehead atoms. The summed E-state index contributed by atoms with van der Waals surface area (Å²) in [5.74, 6) is 2.29. The van der Waals surface area contributed by atoms with Crippen molar-refractivity contribution < 1.29 is 19.0 Å². The van der Waals surface area contributed by atoms with E-state index in [2.05, 4.69) is 10.6 Å². The molecule has 0 aliphatic rings. The van der Waals surface area contributed by atoms with E-state index in [1.807, 2.05) is 42.5 Å². The van der Waals surface area contributed by atoms with Gasteiger partial charge >= 0.3 is 0 Å². The number of nitrogens with one attached hydrogen (secondary N) is 2. The third kappa shape index (κ3) is 5.36. The maximum atomic E-state index is 11.6. The van der Waals surface area contributed by atoms with Gasteiger partial charge in [0.25, 0.3) is 0 Å². The molecule has 0 radical (unpaired) electrons. The van der Waals surface area contributed by atoms with Gasteiger partial charge in [-0.05, 0) is 48.0 Å². The summed E-state index contributed by atoms with van der Waals surface area (Å²) in [5, 5.41) is 6.85. The van der Waals surface area contributed by atoms with Crippen LogP contribution < -0.4 is 24.8 Å². The maximum Gasteiger partial charge on any atom is 0.221 e. The van der Waals surface area contributed by atoms with Crippen LogP contribution in [-0.2, 0) is 11.3 Å². The molecular formula is C23H23ClN2O4. The second-order valence-electron chi connectivity index (χ2n) is 6.45. The van der Waals surface area contributed by atoms with Gasteiger partial charge in [-0.3, -0.25) is 4.79 Å². The van der Waals surface area contributed by atoms with Crippen molar-refractivity contribution in [2.45, 2.75) is 13.5 Å². The fraction of sp³-hybridized carbons (Fsp3) is 0.174. The zero-order valence-electron chi connectivity index (χ0n) is 17.0. The largest absolute Gasteiger partial charge is 0.493 e. The molecule has 156 valence electrons. The fourth-order valence-corrected chi connectivity index (χ4v) is 3.02. The molecule has 0 aliphatic carbocycles. The number of anilines is 2. The molecule has 6 nitrogen and oxygen atoms in total. The summed E-state index contributed by atoms with van der Waals surface area (Å²) in [6.07, 6.45) is 0. The van der Waals surface area contributed by atoms with E-state index in [-0.39, 0.29) is 5.91 Å². The Labute approximate surface area is 180 Å². The molecule has 0 aliphatic heterocycles. The van der Waals surface area contributed by atoms with E-state index in [0.29, 0.717) is 40.3 Å². The van der Waals surface area contributed by atoms with Gasteiger partial charge in [0.15, 0.2) is 17.2 Å². The molecule has 0 saturated carbocycles. The number of hydrogen-bond donors (Lipinski definition) is 2. The second-order valence-corrected chi connectivity index (χ2v) is 6.89. The number of ether oxygens (including phenoxy) is 3. The van der Waals surface area contributed by atoms with Crippen molar-refractivity contribution in [3.8, 4) is 23.0 Å². The number of halogens is 1. The van der Waals surface area contributed by atoms with E-state index in [1.54, 1.807) is 32.4 Å². The molecule has 0 saturated heterocycles. The summed E-state index contributed by atoms with van der Waals surface area (Å²) >= 11 is 5.94. The van der Waals surface area contributed by atoms with E-state index < -0.39 is 0 Å². The van der Waals surface area contributed by atoms with Gasteiger partial charge in [-0.15, -0.1) is 0 Å². The van der Waals surface area contributed by atoms with Crippen molar-refractivity contribution in [3.63, 3.8) is 0 Å². The molecule has 3 rings (SSSR count). The van der Waals surface area contributed by atoms with Crippen LogP contribution in [0.1, 0.15) is 12.5 Å². The highest BCUT2D eigenvalue weighted by Crippen LogP contribution is 2.35. The van der Waals surface area contributed by atoms with Crippen molar-refractivity contribution >= 4 is 28.9 Å². The monoisotopic (exact) mass is 426 g/mol. The number of carbonyl (C=O) groups is 1. The minimum atomic E-state index is -0.171. The van der Waals surface area contributed by atoms with Crippen molar-refractivity contribution in [2.24, 2.45) is 0 Å². The molecule has 0 aromatic heterocycles. The molecule has 0 unspecified atom stereocenters. The summed E-state index contributed by atoms with van der Waals surface area (Å²) in [6.45, 7) is 1.89. The van der Waals surface area contributed by atoms with Gasteiger partial charge in [0.05, 0.1) is 19.9 Å². The number of hydrogen-bond acceptors (Lipinski definition) is 5. The molecule has 0 heterocycles. The first kappa shape index (κ1) is 21.3. The van der Waals surface area contributed by atoms with Crippen molar-refractivity contribution in [1.82, 2.24) is 0 Å². The van der Waals surface area contributed by atoms with E-state index in [0.717, 1.165) is 11.3 Å². The third-order valence-corrected chi connectivity index (χ3v) is 4.57. The topological polar surface area (TPSA) is 68.8 Å². The van der Waals surface area contributed by atoms with Crippen LogP contribution in [0.5, 0.6) is 23.0 Å². The molecular weight excluding hydrogens is 404 g/mol. The molecule has 0 atom stereocenters. The standard InChI is InChI=1S/C23H23ClN2O4/c1-15(27)26-20-13-23(29-3)22(28-2)12-16(20)14-25-19-6-4-5-7-21(19)30-18-10-8-17(24)9-11-18/h4-13,25H,14H2,1-3H3,(H,26,27). The Morgan fingerprint density at radius 1 is 0.900 bits per heavy atom. The van der Waals surface area contributed by atoms with Gasteiger partial charge in [-0.1, -0.05) is 23.7 Å². The summed E-state index contributed by atoms with van der Waals surface area (Å²) in [7, 11) is 3.13. The molecule has 2 N–H and O–H groups in total. The number of para-hydroxylation sites is 2. The summed E-state index contributed by atoms with van der Waals surface area (Å²) in [5.41, 5.74) is 2.28. The Morgan fingerprint density at radius 2 is 1.57 bits per heavy atom. The summed E-state index contributed by atoms with van der Waals surface area (Å²) in [6, 6.07) is 18.4. The fourth-order valence-electron chi connectivity index (χ4n) is 2.90. The smallest absolute Gasteiger partial charge is 0.221 e.